The Hall–Kier alpha value is -3.25. The lowest BCUT2D eigenvalue weighted by atomic mass is 10.1. The van der Waals surface area contributed by atoms with E-state index < -0.39 is 0 Å². The summed E-state index contributed by atoms with van der Waals surface area (Å²) in [7, 11) is 0. The topological polar surface area (TPSA) is 70.7 Å². The highest BCUT2D eigenvalue weighted by Crippen LogP contribution is 2.30. The number of hydrogen-bond donors (Lipinski definition) is 2. The molecule has 0 aliphatic carbocycles. The SMILES string of the molecule is Cc1cnc2nc(-c3cc(NC(=O)Cc4ccc(F)cc4)ccc3Cl)[nH]c2c1. The van der Waals surface area contributed by atoms with Crippen molar-refractivity contribution in [1.29, 1.82) is 0 Å². The van der Waals surface area contributed by atoms with Gasteiger partial charge >= 0.3 is 0 Å². The van der Waals surface area contributed by atoms with Crippen molar-refractivity contribution in [2.45, 2.75) is 13.3 Å². The van der Waals surface area contributed by atoms with Crippen LogP contribution in [0.15, 0.2) is 54.7 Å². The Labute approximate surface area is 165 Å². The van der Waals surface area contributed by atoms with Gasteiger partial charge in [-0.2, -0.15) is 0 Å². The van der Waals surface area contributed by atoms with E-state index in [0.29, 0.717) is 27.7 Å². The molecule has 0 unspecified atom stereocenters. The van der Waals surface area contributed by atoms with E-state index in [1.165, 1.54) is 12.1 Å². The van der Waals surface area contributed by atoms with E-state index in [2.05, 4.69) is 20.3 Å². The van der Waals surface area contributed by atoms with Gasteiger partial charge in [0.05, 0.1) is 17.0 Å². The Morgan fingerprint density at radius 3 is 2.75 bits per heavy atom. The van der Waals surface area contributed by atoms with Gasteiger partial charge in [-0.05, 0) is 54.4 Å². The first kappa shape index (κ1) is 18.1. The number of aromatic amines is 1. The normalized spacial score (nSPS) is 11.0. The van der Waals surface area contributed by atoms with Crippen LogP contribution in [0.25, 0.3) is 22.6 Å². The minimum atomic E-state index is -0.331. The van der Waals surface area contributed by atoms with Crippen molar-refractivity contribution in [2.75, 3.05) is 5.32 Å². The monoisotopic (exact) mass is 394 g/mol. The number of aromatic nitrogens is 3. The van der Waals surface area contributed by atoms with Gasteiger partial charge in [0.2, 0.25) is 5.91 Å². The number of imidazole rings is 1. The number of hydrogen-bond acceptors (Lipinski definition) is 3. The summed E-state index contributed by atoms with van der Waals surface area (Å²) >= 11 is 6.34. The molecule has 2 aromatic carbocycles. The molecule has 0 fully saturated rings. The molecular formula is C21H16ClFN4O. The zero-order valence-corrected chi connectivity index (χ0v) is 15.7. The predicted molar refractivity (Wildman–Crippen MR) is 108 cm³/mol. The lowest BCUT2D eigenvalue weighted by Crippen LogP contribution is -2.14. The van der Waals surface area contributed by atoms with Gasteiger partial charge in [-0.1, -0.05) is 23.7 Å². The van der Waals surface area contributed by atoms with Crippen LogP contribution in [0.1, 0.15) is 11.1 Å². The molecule has 2 aromatic heterocycles. The summed E-state index contributed by atoms with van der Waals surface area (Å²) in [5.74, 6) is 0.0385. The van der Waals surface area contributed by atoms with Crippen molar-refractivity contribution in [3.63, 3.8) is 0 Å². The first-order chi connectivity index (χ1) is 13.5. The summed E-state index contributed by atoms with van der Waals surface area (Å²) in [5.41, 5.74) is 4.43. The number of rotatable bonds is 4. The van der Waals surface area contributed by atoms with Crippen LogP contribution in [0.4, 0.5) is 10.1 Å². The largest absolute Gasteiger partial charge is 0.337 e. The molecule has 2 N–H and O–H groups in total. The number of benzene rings is 2. The number of pyridine rings is 1. The molecule has 2 heterocycles. The Morgan fingerprint density at radius 1 is 1.18 bits per heavy atom. The van der Waals surface area contributed by atoms with Crippen LogP contribution < -0.4 is 5.32 Å². The summed E-state index contributed by atoms with van der Waals surface area (Å²) in [6.45, 7) is 1.96. The molecule has 0 saturated heterocycles. The number of amides is 1. The van der Waals surface area contributed by atoms with Crippen LogP contribution in [0.2, 0.25) is 5.02 Å². The lowest BCUT2D eigenvalue weighted by Gasteiger charge is -2.08. The number of nitrogens with zero attached hydrogens (tertiary/aromatic N) is 2. The Kier molecular flexibility index (Phi) is 4.79. The van der Waals surface area contributed by atoms with Crippen LogP contribution in [-0.2, 0) is 11.2 Å². The van der Waals surface area contributed by atoms with E-state index in [4.69, 9.17) is 11.6 Å². The molecule has 7 heteroatoms. The second-order valence-corrected chi connectivity index (χ2v) is 6.92. The molecule has 140 valence electrons. The molecule has 4 rings (SSSR count). The maximum Gasteiger partial charge on any atom is 0.228 e. The van der Waals surface area contributed by atoms with E-state index in [0.717, 1.165) is 16.6 Å². The smallest absolute Gasteiger partial charge is 0.228 e. The molecule has 5 nitrogen and oxygen atoms in total. The third-order valence-corrected chi connectivity index (χ3v) is 4.59. The van der Waals surface area contributed by atoms with Crippen molar-refractivity contribution < 1.29 is 9.18 Å². The summed E-state index contributed by atoms with van der Waals surface area (Å²) in [6.07, 6.45) is 1.90. The molecule has 0 aliphatic heterocycles. The molecule has 1 amide bonds. The molecule has 0 atom stereocenters. The van der Waals surface area contributed by atoms with E-state index in [9.17, 15) is 9.18 Å². The van der Waals surface area contributed by atoms with Crippen molar-refractivity contribution in [1.82, 2.24) is 15.0 Å². The predicted octanol–water partition coefficient (Wildman–Crippen LogP) is 4.91. The summed E-state index contributed by atoms with van der Waals surface area (Å²) in [4.78, 5) is 24.3. The van der Waals surface area contributed by atoms with Gasteiger partial charge in [0.25, 0.3) is 0 Å². The van der Waals surface area contributed by atoms with Crippen molar-refractivity contribution in [2.24, 2.45) is 0 Å². The third-order valence-electron chi connectivity index (χ3n) is 4.26. The highest BCUT2D eigenvalue weighted by Gasteiger charge is 2.12. The summed E-state index contributed by atoms with van der Waals surface area (Å²) in [5, 5.41) is 3.34. The first-order valence-electron chi connectivity index (χ1n) is 8.64. The summed E-state index contributed by atoms with van der Waals surface area (Å²) < 4.78 is 13.0. The Bertz CT molecular complexity index is 1170. The second-order valence-electron chi connectivity index (χ2n) is 6.52. The molecule has 0 spiro atoms. The Balaban J connectivity index is 1.57. The van der Waals surface area contributed by atoms with Gasteiger partial charge in [-0.3, -0.25) is 4.79 Å². The molecule has 4 aromatic rings. The number of H-pyrrole nitrogens is 1. The fourth-order valence-electron chi connectivity index (χ4n) is 2.91. The average molecular weight is 395 g/mol. The minimum Gasteiger partial charge on any atom is -0.337 e. The number of carbonyl (C=O) groups excluding carboxylic acids is 1. The van der Waals surface area contributed by atoms with Crippen molar-refractivity contribution in [3.05, 3.63) is 76.7 Å². The number of fused-ring (bicyclic) bond motifs is 1. The van der Waals surface area contributed by atoms with Gasteiger partial charge in [0.1, 0.15) is 11.6 Å². The number of aryl methyl sites for hydroxylation is 1. The number of halogens is 2. The summed E-state index contributed by atoms with van der Waals surface area (Å²) in [6, 6.07) is 13.0. The number of anilines is 1. The second kappa shape index (κ2) is 7.40. The van der Waals surface area contributed by atoms with Gasteiger partial charge in [0, 0.05) is 17.4 Å². The van der Waals surface area contributed by atoms with Crippen LogP contribution in [0.5, 0.6) is 0 Å². The van der Waals surface area contributed by atoms with Crippen LogP contribution in [-0.4, -0.2) is 20.9 Å². The van der Waals surface area contributed by atoms with Crippen LogP contribution in [0, 0.1) is 12.7 Å². The first-order valence-corrected chi connectivity index (χ1v) is 9.02. The minimum absolute atomic E-state index is 0.145. The van der Waals surface area contributed by atoms with Gasteiger partial charge < -0.3 is 10.3 Å². The highest BCUT2D eigenvalue weighted by molar-refractivity contribution is 6.33. The molecule has 0 aliphatic rings. The van der Waals surface area contributed by atoms with Crippen LogP contribution >= 0.6 is 11.6 Å². The van der Waals surface area contributed by atoms with E-state index in [1.807, 2.05) is 13.0 Å². The zero-order valence-electron chi connectivity index (χ0n) is 15.0. The van der Waals surface area contributed by atoms with Gasteiger partial charge in [-0.25, -0.2) is 14.4 Å². The molecule has 28 heavy (non-hydrogen) atoms. The molecule has 0 radical (unpaired) electrons. The van der Waals surface area contributed by atoms with Gasteiger partial charge in [-0.15, -0.1) is 0 Å². The van der Waals surface area contributed by atoms with Crippen molar-refractivity contribution in [3.8, 4) is 11.4 Å². The van der Waals surface area contributed by atoms with E-state index in [1.54, 1.807) is 36.5 Å². The van der Waals surface area contributed by atoms with Gasteiger partial charge in [0.15, 0.2) is 5.65 Å². The quantitative estimate of drug-likeness (QED) is 0.516. The fraction of sp³-hybridized carbons (Fsp3) is 0.0952. The maximum atomic E-state index is 13.0. The number of nitrogens with one attached hydrogen (secondary N) is 2. The molecular weight excluding hydrogens is 379 g/mol. The van der Waals surface area contributed by atoms with E-state index >= 15 is 0 Å². The Morgan fingerprint density at radius 2 is 1.96 bits per heavy atom. The fourth-order valence-corrected chi connectivity index (χ4v) is 3.12. The third kappa shape index (κ3) is 3.87. The average Bonchev–Trinajstić information content (AvgIpc) is 3.08. The lowest BCUT2D eigenvalue weighted by molar-refractivity contribution is -0.115. The zero-order chi connectivity index (χ0) is 19.7. The van der Waals surface area contributed by atoms with Crippen LogP contribution in [0.3, 0.4) is 0 Å². The van der Waals surface area contributed by atoms with Crippen molar-refractivity contribution >= 4 is 34.4 Å². The highest BCUT2D eigenvalue weighted by atomic mass is 35.5. The maximum absolute atomic E-state index is 13.0. The number of carbonyl (C=O) groups is 1. The molecule has 0 saturated carbocycles. The standard InChI is InChI=1S/C21H16ClFN4O/c1-12-8-18-21(24-11-12)27-20(26-18)16-10-15(6-7-17(16)22)25-19(28)9-13-2-4-14(23)5-3-13/h2-8,10-11H,9H2,1H3,(H,25,28)(H,24,26,27). The van der Waals surface area contributed by atoms with E-state index in [-0.39, 0.29) is 18.1 Å². The molecule has 0 bridgehead atoms.